The Morgan fingerprint density at radius 1 is 1.11 bits per heavy atom. The van der Waals surface area contributed by atoms with E-state index in [2.05, 4.69) is 21.7 Å². The maximum atomic E-state index is 13.2. The number of aliphatic carboxylic acids is 1. The van der Waals surface area contributed by atoms with Crippen molar-refractivity contribution in [2.24, 2.45) is 0 Å². The van der Waals surface area contributed by atoms with E-state index in [1.165, 1.54) is 7.11 Å². The number of carbonyl (C=O) groups is 3. The number of aromatic nitrogens is 2. The lowest BCUT2D eigenvalue weighted by Crippen LogP contribution is -2.30. The number of carbonyl (C=O) groups excluding carboxylic acids is 2. The summed E-state index contributed by atoms with van der Waals surface area (Å²) in [6, 6.07) is 18.7. The van der Waals surface area contributed by atoms with Crippen molar-refractivity contribution in [2.75, 3.05) is 19.0 Å². The molecule has 0 aliphatic heterocycles. The molecule has 3 N–H and O–H groups in total. The zero-order chi connectivity index (χ0) is 27.2. The van der Waals surface area contributed by atoms with Gasteiger partial charge in [0, 0.05) is 17.3 Å². The number of imidazole rings is 1. The van der Waals surface area contributed by atoms with Crippen LogP contribution in [0.2, 0.25) is 0 Å². The number of pyridine rings is 1. The number of nitrogens with one attached hydrogen (secondary N) is 2. The molecule has 192 valence electrons. The number of amides is 1. The van der Waals surface area contributed by atoms with Crippen molar-refractivity contribution in [1.82, 2.24) is 14.7 Å². The third-order valence-electron chi connectivity index (χ3n) is 5.97. The lowest BCUT2D eigenvalue weighted by molar-refractivity contribution is -0.139. The second-order valence-electron chi connectivity index (χ2n) is 8.61. The molecule has 0 saturated heterocycles. The number of benzene rings is 2. The van der Waals surface area contributed by atoms with E-state index in [1.807, 2.05) is 19.1 Å². The molecule has 1 unspecified atom stereocenters. The van der Waals surface area contributed by atoms with Crippen LogP contribution in [0.1, 0.15) is 39.5 Å². The highest BCUT2D eigenvalue weighted by Gasteiger charge is 2.21. The van der Waals surface area contributed by atoms with E-state index in [-0.39, 0.29) is 18.5 Å². The first-order valence-corrected chi connectivity index (χ1v) is 11.7. The van der Waals surface area contributed by atoms with Crippen molar-refractivity contribution in [3.8, 4) is 17.3 Å². The van der Waals surface area contributed by atoms with Crippen LogP contribution in [0.15, 0.2) is 66.9 Å². The fraction of sp³-hybridized carbons (Fsp3) is 0.179. The third kappa shape index (κ3) is 5.79. The first-order chi connectivity index (χ1) is 18.3. The molecule has 0 bridgehead atoms. The second-order valence-corrected chi connectivity index (χ2v) is 8.61. The highest BCUT2D eigenvalue weighted by Crippen LogP contribution is 2.29. The molecule has 38 heavy (non-hydrogen) atoms. The smallest absolute Gasteiger partial charge is 0.325 e. The Labute approximate surface area is 218 Å². The zero-order valence-corrected chi connectivity index (χ0v) is 20.8. The van der Waals surface area contributed by atoms with Gasteiger partial charge in [0.05, 0.1) is 31.2 Å². The highest BCUT2D eigenvalue weighted by molar-refractivity contribution is 5.96. The lowest BCUT2D eigenvalue weighted by atomic mass is 10.0. The van der Waals surface area contributed by atoms with Crippen molar-refractivity contribution in [2.45, 2.75) is 19.4 Å². The molecule has 10 heteroatoms. The Bertz CT molecular complexity index is 1540. The number of carboxylic acid groups (broad SMARTS) is 1. The summed E-state index contributed by atoms with van der Waals surface area (Å²) in [7, 11) is 1.29. The van der Waals surface area contributed by atoms with Crippen LogP contribution in [-0.2, 0) is 14.3 Å². The fourth-order valence-corrected chi connectivity index (χ4v) is 3.95. The van der Waals surface area contributed by atoms with Gasteiger partial charge in [-0.3, -0.25) is 18.8 Å². The van der Waals surface area contributed by atoms with Crippen LogP contribution in [0.4, 0.5) is 5.82 Å². The number of hydrogen-bond acceptors (Lipinski definition) is 7. The number of fused-ring (bicyclic) bond motifs is 1. The van der Waals surface area contributed by atoms with Crippen molar-refractivity contribution in [3.63, 3.8) is 0 Å². The first-order valence-electron chi connectivity index (χ1n) is 11.7. The average molecular weight is 512 g/mol. The summed E-state index contributed by atoms with van der Waals surface area (Å²) in [4.78, 5) is 41.1. The number of carboxylic acids is 1. The van der Waals surface area contributed by atoms with Gasteiger partial charge in [0.25, 0.3) is 5.91 Å². The van der Waals surface area contributed by atoms with Crippen molar-refractivity contribution in [1.29, 1.82) is 5.26 Å². The number of nitrogens with zero attached hydrogens (tertiary/aromatic N) is 3. The van der Waals surface area contributed by atoms with E-state index >= 15 is 0 Å². The Balaban J connectivity index is 1.68. The van der Waals surface area contributed by atoms with Crippen molar-refractivity contribution < 1.29 is 24.2 Å². The van der Waals surface area contributed by atoms with Crippen LogP contribution in [0.5, 0.6) is 0 Å². The predicted molar refractivity (Wildman–Crippen MR) is 139 cm³/mol. The van der Waals surface area contributed by atoms with Gasteiger partial charge in [-0.25, -0.2) is 4.98 Å². The molecule has 4 aromatic rings. The molecule has 4 rings (SSSR count). The number of methoxy groups -OCH3 is 1. The van der Waals surface area contributed by atoms with Crippen LogP contribution in [0.3, 0.4) is 0 Å². The molecule has 0 aliphatic carbocycles. The van der Waals surface area contributed by atoms with E-state index in [1.54, 1.807) is 59.1 Å². The second kappa shape index (κ2) is 11.3. The number of ether oxygens (including phenoxy) is 1. The van der Waals surface area contributed by atoms with Gasteiger partial charge in [-0.05, 0) is 36.8 Å². The number of nitriles is 1. The predicted octanol–water partition coefficient (Wildman–Crippen LogP) is 3.71. The summed E-state index contributed by atoms with van der Waals surface area (Å²) in [6.07, 6.45) is 1.37. The standard InChI is InChI=1S/C28H25N5O5/c1-17-3-7-19(8-4-17)22(14-24(34)35)31-28(37)21-11-12-33-23(13-21)32-26(27(33)30-16-25(36)38-2)20-9-5-18(15-29)6-10-20/h3-13,22,30H,14,16H2,1-2H3,(H,31,37)(H,34,35). The van der Waals surface area contributed by atoms with Crippen LogP contribution in [-0.4, -0.2) is 46.0 Å². The van der Waals surface area contributed by atoms with Gasteiger partial charge < -0.3 is 20.5 Å². The molecule has 0 spiro atoms. The van der Waals surface area contributed by atoms with E-state index < -0.39 is 23.9 Å². The number of hydrogen-bond donors (Lipinski definition) is 3. The summed E-state index contributed by atoms with van der Waals surface area (Å²) in [6.45, 7) is 1.82. The molecule has 0 radical (unpaired) electrons. The normalized spacial score (nSPS) is 11.4. The van der Waals surface area contributed by atoms with Gasteiger partial charge in [0.1, 0.15) is 23.7 Å². The zero-order valence-electron chi connectivity index (χ0n) is 20.8. The molecule has 0 aliphatic rings. The van der Waals surface area contributed by atoms with Crippen molar-refractivity contribution >= 4 is 29.3 Å². The molecule has 10 nitrogen and oxygen atoms in total. The Morgan fingerprint density at radius 2 is 1.82 bits per heavy atom. The first kappa shape index (κ1) is 25.9. The minimum absolute atomic E-state index is 0.108. The third-order valence-corrected chi connectivity index (χ3v) is 5.97. The molecule has 2 aromatic carbocycles. The molecular weight excluding hydrogens is 486 g/mol. The van der Waals surface area contributed by atoms with Crippen LogP contribution in [0.25, 0.3) is 16.9 Å². The summed E-state index contributed by atoms with van der Waals surface area (Å²) in [5.41, 5.74) is 4.13. The quantitative estimate of drug-likeness (QED) is 0.288. The maximum absolute atomic E-state index is 13.2. The molecule has 1 amide bonds. The van der Waals surface area contributed by atoms with Crippen LogP contribution >= 0.6 is 0 Å². The van der Waals surface area contributed by atoms with Crippen LogP contribution in [0, 0.1) is 18.3 Å². The van der Waals surface area contributed by atoms with Gasteiger partial charge >= 0.3 is 11.9 Å². The summed E-state index contributed by atoms with van der Waals surface area (Å²) >= 11 is 0. The van der Waals surface area contributed by atoms with Gasteiger partial charge in [-0.2, -0.15) is 5.26 Å². The van der Waals surface area contributed by atoms with Gasteiger partial charge in [-0.15, -0.1) is 0 Å². The number of aryl methyl sites for hydroxylation is 1. The number of anilines is 1. The van der Waals surface area contributed by atoms with Crippen LogP contribution < -0.4 is 10.6 Å². The van der Waals surface area contributed by atoms with E-state index in [4.69, 9.17) is 10.00 Å². The largest absolute Gasteiger partial charge is 0.481 e. The summed E-state index contributed by atoms with van der Waals surface area (Å²) < 4.78 is 6.43. The highest BCUT2D eigenvalue weighted by atomic mass is 16.5. The molecule has 1 atom stereocenters. The van der Waals surface area contributed by atoms with E-state index in [0.717, 1.165) is 5.56 Å². The van der Waals surface area contributed by atoms with Gasteiger partial charge in [0.15, 0.2) is 0 Å². The molecule has 2 heterocycles. The molecule has 0 saturated carbocycles. The minimum Gasteiger partial charge on any atom is -0.481 e. The van der Waals surface area contributed by atoms with Gasteiger partial charge in [-0.1, -0.05) is 42.0 Å². The SMILES string of the molecule is COC(=O)CNc1c(-c2ccc(C#N)cc2)nc2cc(C(=O)NC(CC(=O)O)c3ccc(C)cc3)ccn12. The molecule has 2 aromatic heterocycles. The average Bonchev–Trinajstić information content (AvgIpc) is 3.29. The maximum Gasteiger partial charge on any atom is 0.325 e. The fourth-order valence-electron chi connectivity index (χ4n) is 3.95. The lowest BCUT2D eigenvalue weighted by Gasteiger charge is -2.18. The summed E-state index contributed by atoms with van der Waals surface area (Å²) in [5.74, 6) is -1.45. The summed E-state index contributed by atoms with van der Waals surface area (Å²) in [5, 5.41) is 24.4. The Hall–Kier alpha value is -5.17. The molecular formula is C28H25N5O5. The topological polar surface area (TPSA) is 146 Å². The van der Waals surface area contributed by atoms with Crippen molar-refractivity contribution in [3.05, 3.63) is 89.1 Å². The Kier molecular flexibility index (Phi) is 7.68. The number of rotatable bonds is 9. The minimum atomic E-state index is -1.03. The Morgan fingerprint density at radius 3 is 2.45 bits per heavy atom. The number of esters is 1. The van der Waals surface area contributed by atoms with Gasteiger partial charge in [0.2, 0.25) is 0 Å². The molecule has 0 fully saturated rings. The van der Waals surface area contributed by atoms with E-state index in [9.17, 15) is 19.5 Å². The monoisotopic (exact) mass is 511 g/mol. The van der Waals surface area contributed by atoms with E-state index in [0.29, 0.717) is 33.8 Å².